The first-order chi connectivity index (χ1) is 16.6. The van der Waals surface area contributed by atoms with Gasteiger partial charge in [-0.05, 0) is 36.2 Å². The van der Waals surface area contributed by atoms with Gasteiger partial charge in [0.05, 0.1) is 23.2 Å². The Balaban J connectivity index is 1.43. The predicted octanol–water partition coefficient (Wildman–Crippen LogP) is 6.89. The van der Waals surface area contributed by atoms with Crippen LogP contribution in [0.4, 0.5) is 10.8 Å². The maximum absolute atomic E-state index is 12.6. The highest BCUT2D eigenvalue weighted by Gasteiger charge is 2.20. The van der Waals surface area contributed by atoms with Gasteiger partial charge >= 0.3 is 0 Å². The molecule has 8 heteroatoms. The average molecular weight is 487 g/mol. The number of thioether (sulfide) groups is 1. The fourth-order valence-electron chi connectivity index (χ4n) is 3.72. The molecule has 0 unspecified atom stereocenters. The van der Waals surface area contributed by atoms with E-state index >= 15 is 0 Å². The lowest BCUT2D eigenvalue weighted by atomic mass is 10.1. The molecule has 170 valence electrons. The number of anilines is 2. The molecule has 3 heterocycles. The summed E-state index contributed by atoms with van der Waals surface area (Å²) < 4.78 is 5.52. The minimum absolute atomic E-state index is 0.0562. The van der Waals surface area contributed by atoms with Crippen LogP contribution in [0.15, 0.2) is 81.8 Å². The summed E-state index contributed by atoms with van der Waals surface area (Å²) in [7, 11) is 0. The van der Waals surface area contributed by atoms with Gasteiger partial charge in [0, 0.05) is 23.4 Å². The van der Waals surface area contributed by atoms with Crippen LogP contribution in [0, 0.1) is 0 Å². The van der Waals surface area contributed by atoms with Crippen molar-refractivity contribution in [1.82, 2.24) is 15.0 Å². The normalized spacial score (nSPS) is 11.1. The summed E-state index contributed by atoms with van der Waals surface area (Å²) in [6, 6.07) is 19.6. The van der Waals surface area contributed by atoms with Crippen molar-refractivity contribution in [3.63, 3.8) is 0 Å². The minimum Gasteiger partial charge on any atom is -0.461 e. The van der Waals surface area contributed by atoms with E-state index in [1.807, 2.05) is 66.0 Å². The molecule has 0 saturated carbocycles. The number of thiazole rings is 1. The van der Waals surface area contributed by atoms with Crippen molar-refractivity contribution in [1.29, 1.82) is 0 Å². The molecule has 5 rings (SSSR count). The van der Waals surface area contributed by atoms with Gasteiger partial charge in [-0.15, -0.1) is 11.3 Å². The van der Waals surface area contributed by atoms with Crippen LogP contribution in [0.2, 0.25) is 0 Å². The van der Waals surface area contributed by atoms with Crippen molar-refractivity contribution < 1.29 is 9.21 Å². The highest BCUT2D eigenvalue weighted by Crippen LogP contribution is 2.35. The van der Waals surface area contributed by atoms with Crippen molar-refractivity contribution in [2.75, 3.05) is 4.90 Å². The van der Waals surface area contributed by atoms with Crippen LogP contribution in [0.3, 0.4) is 0 Å². The predicted molar refractivity (Wildman–Crippen MR) is 138 cm³/mol. The SMILES string of the molecule is CCc1ccccc1N(C(C)=O)c1nc(CSc2nc(-c3ccco3)nc3ccccc23)cs1. The van der Waals surface area contributed by atoms with E-state index in [0.717, 1.165) is 39.3 Å². The third-order valence-corrected chi connectivity index (χ3v) is 7.23. The topological polar surface area (TPSA) is 72.1 Å². The van der Waals surface area contributed by atoms with Crippen molar-refractivity contribution >= 4 is 50.7 Å². The Morgan fingerprint density at radius 3 is 2.65 bits per heavy atom. The zero-order chi connectivity index (χ0) is 23.5. The number of rotatable bonds is 7. The molecule has 0 fully saturated rings. The van der Waals surface area contributed by atoms with Gasteiger partial charge in [-0.3, -0.25) is 9.69 Å². The number of nitrogens with zero attached hydrogens (tertiary/aromatic N) is 4. The summed E-state index contributed by atoms with van der Waals surface area (Å²) in [5.41, 5.74) is 3.76. The maximum Gasteiger partial charge on any atom is 0.230 e. The van der Waals surface area contributed by atoms with E-state index in [-0.39, 0.29) is 5.91 Å². The summed E-state index contributed by atoms with van der Waals surface area (Å²) in [6.07, 6.45) is 2.46. The summed E-state index contributed by atoms with van der Waals surface area (Å²) in [5.74, 6) is 1.76. The molecule has 1 amide bonds. The number of amides is 1. The summed E-state index contributed by atoms with van der Waals surface area (Å²) in [6.45, 7) is 3.66. The monoisotopic (exact) mass is 486 g/mol. The molecule has 34 heavy (non-hydrogen) atoms. The Morgan fingerprint density at radius 1 is 1.03 bits per heavy atom. The first kappa shape index (κ1) is 22.3. The third-order valence-electron chi connectivity index (χ3n) is 5.33. The summed E-state index contributed by atoms with van der Waals surface area (Å²) in [4.78, 5) is 28.5. The molecule has 0 saturated heterocycles. The van der Waals surface area contributed by atoms with Crippen molar-refractivity contribution in [2.45, 2.75) is 31.0 Å². The standard InChI is InChI=1S/C26H22N4O2S2/c1-3-18-9-4-7-12-22(18)30(17(2)31)26-27-19(16-34-26)15-33-25-20-10-5-6-11-21(20)28-24(29-25)23-13-8-14-32-23/h4-14,16H,3,15H2,1-2H3. The lowest BCUT2D eigenvalue weighted by Gasteiger charge is -2.20. The lowest BCUT2D eigenvalue weighted by Crippen LogP contribution is -2.23. The van der Waals surface area contributed by atoms with Gasteiger partial charge < -0.3 is 4.42 Å². The first-order valence-electron chi connectivity index (χ1n) is 10.9. The Bertz CT molecular complexity index is 1450. The summed E-state index contributed by atoms with van der Waals surface area (Å²) in [5, 5.41) is 4.53. The second-order valence-electron chi connectivity index (χ2n) is 7.59. The number of hydrogen-bond donors (Lipinski definition) is 0. The van der Waals surface area contributed by atoms with Crippen LogP contribution in [-0.4, -0.2) is 20.9 Å². The quantitative estimate of drug-likeness (QED) is 0.184. The molecule has 0 aliphatic rings. The third kappa shape index (κ3) is 4.47. The van der Waals surface area contributed by atoms with Crippen LogP contribution < -0.4 is 4.90 Å². The zero-order valence-electron chi connectivity index (χ0n) is 18.8. The number of aromatic nitrogens is 3. The highest BCUT2D eigenvalue weighted by atomic mass is 32.2. The van der Waals surface area contributed by atoms with Crippen LogP contribution in [0.25, 0.3) is 22.5 Å². The largest absolute Gasteiger partial charge is 0.461 e. The molecule has 0 spiro atoms. The number of para-hydroxylation sites is 2. The molecule has 0 N–H and O–H groups in total. The Morgan fingerprint density at radius 2 is 1.85 bits per heavy atom. The van der Waals surface area contributed by atoms with Gasteiger partial charge in [-0.1, -0.05) is 55.1 Å². The fourth-order valence-corrected chi connectivity index (χ4v) is 5.61. The van der Waals surface area contributed by atoms with E-state index in [1.54, 1.807) is 29.8 Å². The maximum atomic E-state index is 12.6. The van der Waals surface area contributed by atoms with Crippen molar-refractivity contribution in [3.05, 3.63) is 83.6 Å². The van der Waals surface area contributed by atoms with Crippen LogP contribution in [-0.2, 0) is 17.0 Å². The summed E-state index contributed by atoms with van der Waals surface area (Å²) >= 11 is 3.07. The van der Waals surface area contributed by atoms with Gasteiger partial charge in [0.15, 0.2) is 16.7 Å². The Kier molecular flexibility index (Phi) is 6.42. The van der Waals surface area contributed by atoms with E-state index in [4.69, 9.17) is 14.4 Å². The first-order valence-corrected chi connectivity index (χ1v) is 12.8. The number of benzene rings is 2. The van der Waals surface area contributed by atoms with Crippen molar-refractivity contribution in [2.24, 2.45) is 0 Å². The number of aryl methyl sites for hydroxylation is 1. The van der Waals surface area contributed by atoms with Crippen LogP contribution in [0.5, 0.6) is 0 Å². The van der Waals surface area contributed by atoms with E-state index in [9.17, 15) is 4.79 Å². The fraction of sp³-hybridized carbons (Fsp3) is 0.154. The number of hydrogen-bond acceptors (Lipinski definition) is 7. The van der Waals surface area contributed by atoms with E-state index < -0.39 is 0 Å². The zero-order valence-corrected chi connectivity index (χ0v) is 20.4. The van der Waals surface area contributed by atoms with E-state index in [0.29, 0.717) is 22.5 Å². The molecule has 6 nitrogen and oxygen atoms in total. The second-order valence-corrected chi connectivity index (χ2v) is 9.39. The lowest BCUT2D eigenvalue weighted by molar-refractivity contribution is -0.115. The van der Waals surface area contributed by atoms with Gasteiger partial charge in [0.25, 0.3) is 0 Å². The van der Waals surface area contributed by atoms with Gasteiger partial charge in [0.2, 0.25) is 5.91 Å². The highest BCUT2D eigenvalue weighted by molar-refractivity contribution is 7.98. The van der Waals surface area contributed by atoms with E-state index in [1.165, 1.54) is 11.3 Å². The molecule has 0 aliphatic carbocycles. The molecule has 0 radical (unpaired) electrons. The van der Waals surface area contributed by atoms with Gasteiger partial charge in [-0.25, -0.2) is 15.0 Å². The van der Waals surface area contributed by atoms with Gasteiger partial charge in [-0.2, -0.15) is 0 Å². The number of fused-ring (bicyclic) bond motifs is 1. The average Bonchev–Trinajstić information content (AvgIpc) is 3.55. The Hall–Kier alpha value is -3.49. The van der Waals surface area contributed by atoms with E-state index in [2.05, 4.69) is 11.9 Å². The molecular formula is C26H22N4O2S2. The second kappa shape index (κ2) is 9.79. The van der Waals surface area contributed by atoms with Crippen LogP contribution >= 0.6 is 23.1 Å². The molecular weight excluding hydrogens is 464 g/mol. The molecule has 0 bridgehead atoms. The number of carbonyl (C=O) groups is 1. The van der Waals surface area contributed by atoms with Gasteiger partial charge in [0.1, 0.15) is 5.03 Å². The smallest absolute Gasteiger partial charge is 0.230 e. The minimum atomic E-state index is -0.0562. The Labute approximate surface area is 205 Å². The molecule has 0 atom stereocenters. The molecule has 5 aromatic rings. The molecule has 0 aliphatic heterocycles. The molecule has 2 aromatic carbocycles. The van der Waals surface area contributed by atoms with Crippen LogP contribution in [0.1, 0.15) is 25.1 Å². The number of furan rings is 1. The number of carbonyl (C=O) groups excluding carboxylic acids is 1. The molecule has 3 aromatic heterocycles. The van der Waals surface area contributed by atoms with Crippen molar-refractivity contribution in [3.8, 4) is 11.6 Å².